The fourth-order valence-electron chi connectivity index (χ4n) is 2.05. The van der Waals surface area contributed by atoms with Crippen LogP contribution in [0, 0.1) is 0 Å². The van der Waals surface area contributed by atoms with Crippen LogP contribution in [-0.2, 0) is 19.7 Å². The van der Waals surface area contributed by atoms with Gasteiger partial charge >= 0.3 is 10.1 Å². The zero-order valence-corrected chi connectivity index (χ0v) is 15.6. The topological polar surface area (TPSA) is 114 Å². The van der Waals surface area contributed by atoms with Crippen LogP contribution in [0.1, 0.15) is 24.8 Å². The van der Waals surface area contributed by atoms with E-state index in [4.69, 9.17) is 8.92 Å². The zero-order chi connectivity index (χ0) is 18.8. The number of ether oxygens (including phenoxy) is 1. The number of nitrogens with zero attached hydrogens (tertiary/aromatic N) is 2. The highest BCUT2D eigenvalue weighted by molar-refractivity contribution is 8.14. The lowest BCUT2D eigenvalue weighted by atomic mass is 10.2. The number of benzene rings is 1. The quantitative estimate of drug-likeness (QED) is 0.768. The van der Waals surface area contributed by atoms with E-state index in [0.29, 0.717) is 10.7 Å². The number of amidine groups is 1. The molecule has 136 valence electrons. The average molecular weight is 387 g/mol. The highest BCUT2D eigenvalue weighted by Crippen LogP contribution is 2.41. The van der Waals surface area contributed by atoms with Gasteiger partial charge in [0.25, 0.3) is 0 Å². The van der Waals surface area contributed by atoms with Crippen LogP contribution >= 0.6 is 11.8 Å². The molecule has 0 radical (unpaired) electrons. The Morgan fingerprint density at radius 1 is 1.28 bits per heavy atom. The van der Waals surface area contributed by atoms with Gasteiger partial charge in [-0.15, -0.1) is 5.10 Å². The Bertz CT molecular complexity index is 837. The van der Waals surface area contributed by atoms with Gasteiger partial charge in [0.15, 0.2) is 16.7 Å². The van der Waals surface area contributed by atoms with Crippen molar-refractivity contribution in [1.29, 1.82) is 0 Å². The first-order valence-electron chi connectivity index (χ1n) is 7.00. The van der Waals surface area contributed by atoms with Gasteiger partial charge in [-0.25, -0.2) is 5.01 Å². The van der Waals surface area contributed by atoms with E-state index >= 15 is 0 Å². The monoisotopic (exact) mass is 387 g/mol. The molecule has 1 aromatic rings. The van der Waals surface area contributed by atoms with Crippen LogP contribution < -0.4 is 14.2 Å². The van der Waals surface area contributed by atoms with Gasteiger partial charge in [-0.05, 0) is 17.7 Å². The summed E-state index contributed by atoms with van der Waals surface area (Å²) in [6, 6.07) is 4.59. The van der Waals surface area contributed by atoms with Crippen LogP contribution in [0.5, 0.6) is 11.5 Å². The largest absolute Gasteiger partial charge is 0.493 e. The molecule has 1 N–H and O–H groups in total. The van der Waals surface area contributed by atoms with Crippen molar-refractivity contribution in [2.45, 2.75) is 19.2 Å². The molecular weight excluding hydrogens is 370 g/mol. The Hall–Kier alpha value is -2.27. The van der Waals surface area contributed by atoms with E-state index in [9.17, 15) is 18.0 Å². The number of methoxy groups -OCH3 is 1. The van der Waals surface area contributed by atoms with E-state index in [1.807, 2.05) is 0 Å². The molecule has 0 spiro atoms. The van der Waals surface area contributed by atoms with E-state index in [2.05, 4.69) is 10.4 Å². The highest BCUT2D eigenvalue weighted by Gasteiger charge is 2.33. The molecule has 0 saturated carbocycles. The summed E-state index contributed by atoms with van der Waals surface area (Å²) in [4.78, 5) is 23.0. The number of thioether (sulfide) groups is 1. The van der Waals surface area contributed by atoms with Crippen LogP contribution in [0.3, 0.4) is 0 Å². The number of hydrogen-bond donors (Lipinski definition) is 1. The fraction of sp³-hybridized carbons (Fsp3) is 0.357. The third kappa shape index (κ3) is 4.86. The van der Waals surface area contributed by atoms with Crippen LogP contribution in [0.25, 0.3) is 0 Å². The number of carbonyl (C=O) groups is 2. The number of hydrazone groups is 1. The van der Waals surface area contributed by atoms with Gasteiger partial charge in [0.05, 0.1) is 13.4 Å². The molecule has 1 atom stereocenters. The first kappa shape index (κ1) is 19.1. The lowest BCUT2D eigenvalue weighted by molar-refractivity contribution is -0.129. The molecule has 1 aromatic carbocycles. The van der Waals surface area contributed by atoms with Gasteiger partial charge < -0.3 is 14.2 Å². The second kappa shape index (κ2) is 7.31. The second-order valence-electron chi connectivity index (χ2n) is 5.12. The normalized spacial score (nSPS) is 17.0. The van der Waals surface area contributed by atoms with E-state index < -0.39 is 15.5 Å². The van der Waals surface area contributed by atoms with Crippen LogP contribution in [-0.4, -0.2) is 43.8 Å². The van der Waals surface area contributed by atoms with E-state index in [1.165, 1.54) is 43.8 Å². The maximum atomic E-state index is 11.8. The van der Waals surface area contributed by atoms with Crippen molar-refractivity contribution in [2.24, 2.45) is 5.10 Å². The van der Waals surface area contributed by atoms with Crippen molar-refractivity contribution in [3.8, 4) is 11.5 Å². The van der Waals surface area contributed by atoms with Crippen LogP contribution in [0.4, 0.5) is 0 Å². The Balaban J connectivity index is 2.34. The molecular formula is C14H17N3O6S2. The second-order valence-corrected chi connectivity index (χ2v) is 7.76. The number of amides is 2. The number of carbonyl (C=O) groups excluding carboxylic acids is 2. The minimum atomic E-state index is -3.71. The summed E-state index contributed by atoms with van der Waals surface area (Å²) in [5.41, 5.74) is 0.627. The summed E-state index contributed by atoms with van der Waals surface area (Å²) in [5.74, 6) is -0.382. The molecule has 0 saturated heterocycles. The van der Waals surface area contributed by atoms with Crippen molar-refractivity contribution in [3.63, 3.8) is 0 Å². The molecule has 1 aliphatic rings. The van der Waals surface area contributed by atoms with E-state index in [0.717, 1.165) is 6.26 Å². The lowest BCUT2D eigenvalue weighted by Crippen LogP contribution is -2.25. The zero-order valence-electron chi connectivity index (χ0n) is 14.0. The average Bonchev–Trinajstić information content (AvgIpc) is 2.89. The molecule has 1 aliphatic heterocycles. The minimum Gasteiger partial charge on any atom is -0.493 e. The maximum absolute atomic E-state index is 11.8. The Morgan fingerprint density at radius 3 is 2.48 bits per heavy atom. The summed E-state index contributed by atoms with van der Waals surface area (Å²) < 4.78 is 32.6. The summed E-state index contributed by atoms with van der Waals surface area (Å²) in [7, 11) is -2.33. The van der Waals surface area contributed by atoms with Crippen LogP contribution in [0.15, 0.2) is 23.3 Å². The molecule has 11 heteroatoms. The summed E-state index contributed by atoms with van der Waals surface area (Å²) >= 11 is 1.18. The molecule has 2 rings (SSSR count). The lowest BCUT2D eigenvalue weighted by Gasteiger charge is -2.20. The van der Waals surface area contributed by atoms with Gasteiger partial charge in [-0.2, -0.15) is 8.42 Å². The fourth-order valence-corrected chi connectivity index (χ4v) is 3.64. The third-order valence-electron chi connectivity index (χ3n) is 2.96. The van der Waals surface area contributed by atoms with Crippen molar-refractivity contribution >= 4 is 38.9 Å². The van der Waals surface area contributed by atoms with E-state index in [1.54, 1.807) is 12.1 Å². The molecule has 9 nitrogen and oxygen atoms in total. The molecule has 0 bridgehead atoms. The Labute approximate surface area is 149 Å². The van der Waals surface area contributed by atoms with Crippen molar-refractivity contribution in [1.82, 2.24) is 10.3 Å². The summed E-state index contributed by atoms with van der Waals surface area (Å²) in [6.45, 7) is 2.70. The molecule has 0 aromatic heterocycles. The predicted octanol–water partition coefficient (Wildman–Crippen LogP) is 1.03. The first-order chi connectivity index (χ1) is 11.6. The van der Waals surface area contributed by atoms with Crippen molar-refractivity contribution < 1.29 is 26.9 Å². The van der Waals surface area contributed by atoms with Gasteiger partial charge in [-0.1, -0.05) is 17.8 Å². The number of nitrogens with one attached hydrogen (secondary N) is 1. The van der Waals surface area contributed by atoms with Gasteiger partial charge in [0, 0.05) is 13.8 Å². The Morgan fingerprint density at radius 2 is 1.96 bits per heavy atom. The molecule has 0 aliphatic carbocycles. The predicted molar refractivity (Wildman–Crippen MR) is 92.6 cm³/mol. The first-order valence-corrected chi connectivity index (χ1v) is 9.70. The molecule has 2 amide bonds. The molecule has 0 unspecified atom stereocenters. The number of hydrogen-bond acceptors (Lipinski definition) is 8. The highest BCUT2D eigenvalue weighted by atomic mass is 32.2. The number of rotatable bonds is 4. The Kier molecular flexibility index (Phi) is 5.58. The smallest absolute Gasteiger partial charge is 0.306 e. The van der Waals surface area contributed by atoms with Crippen molar-refractivity contribution in [2.75, 3.05) is 13.4 Å². The minimum absolute atomic E-state index is 0.0362. The van der Waals surface area contributed by atoms with Gasteiger partial charge in [0.2, 0.25) is 11.8 Å². The van der Waals surface area contributed by atoms with Gasteiger partial charge in [-0.3, -0.25) is 9.59 Å². The standard InChI is InChI=1S/C14H17N3O6S2/c1-8(18)15-14-16-17(9(2)19)13(24-14)10-5-6-11(12(7-10)22-3)23-25(4,20)21/h5-7,13H,1-4H3,(H,15,16,18)/t13-/m0/s1. The summed E-state index contributed by atoms with van der Waals surface area (Å²) in [5, 5.41) is 7.62. The molecule has 0 fully saturated rings. The molecule has 25 heavy (non-hydrogen) atoms. The van der Waals surface area contributed by atoms with Crippen molar-refractivity contribution in [3.05, 3.63) is 23.8 Å². The van der Waals surface area contributed by atoms with Crippen LogP contribution in [0.2, 0.25) is 0 Å². The summed E-state index contributed by atoms with van der Waals surface area (Å²) in [6.07, 6.45) is 0.929. The maximum Gasteiger partial charge on any atom is 0.306 e. The third-order valence-corrected chi connectivity index (χ3v) is 4.55. The van der Waals surface area contributed by atoms with Gasteiger partial charge in [0.1, 0.15) is 5.37 Å². The SMILES string of the molecule is COc1cc([C@@H]2SC(NC(C)=O)=NN2C(C)=O)ccc1OS(C)(=O)=O. The van der Waals surface area contributed by atoms with E-state index in [-0.39, 0.29) is 23.3 Å². The molecule has 1 heterocycles.